The predicted octanol–water partition coefficient (Wildman–Crippen LogP) is 2.15. The van der Waals surface area contributed by atoms with Crippen LogP contribution in [0.1, 0.15) is 24.2 Å². The number of aromatic carboxylic acids is 1. The third-order valence-corrected chi connectivity index (χ3v) is 2.83. The molecule has 0 bridgehead atoms. The van der Waals surface area contributed by atoms with Gasteiger partial charge in [-0.05, 0) is 13.8 Å². The van der Waals surface area contributed by atoms with Crippen molar-refractivity contribution in [2.24, 2.45) is 0 Å². The zero-order valence-corrected chi connectivity index (χ0v) is 11.0. The molecule has 0 spiro atoms. The van der Waals surface area contributed by atoms with Gasteiger partial charge in [0.2, 0.25) is 0 Å². The largest absolute Gasteiger partial charge is 0.496 e. The highest BCUT2D eigenvalue weighted by Gasteiger charge is 2.24. The number of benzene rings is 1. The second-order valence-electron chi connectivity index (χ2n) is 3.78. The maximum absolute atomic E-state index is 11.1. The van der Waals surface area contributed by atoms with E-state index in [1.165, 1.54) is 13.2 Å². The van der Waals surface area contributed by atoms with Gasteiger partial charge >= 0.3 is 5.97 Å². The standard InChI is InChI=1S/C12H16N2O5/c1-4-13(5-2)9-7-11(19-3)8(12(15)16)6-10(9)14(17)18/h6-7H,4-5H2,1-3H3,(H,15,16). The minimum absolute atomic E-state index is 0.111. The van der Waals surface area contributed by atoms with Crippen molar-refractivity contribution in [2.75, 3.05) is 25.1 Å². The van der Waals surface area contributed by atoms with Gasteiger partial charge in [-0.3, -0.25) is 10.1 Å². The SMILES string of the molecule is CCN(CC)c1cc(OC)c(C(=O)O)cc1[N+](=O)[O-]. The van der Waals surface area contributed by atoms with Crippen LogP contribution in [0.25, 0.3) is 0 Å². The van der Waals surface area contributed by atoms with Gasteiger partial charge in [-0.1, -0.05) is 0 Å². The van der Waals surface area contributed by atoms with Crippen LogP contribution >= 0.6 is 0 Å². The molecule has 0 atom stereocenters. The first-order valence-corrected chi connectivity index (χ1v) is 5.80. The van der Waals surface area contributed by atoms with E-state index in [9.17, 15) is 14.9 Å². The van der Waals surface area contributed by atoms with Gasteiger partial charge in [0.1, 0.15) is 17.0 Å². The van der Waals surface area contributed by atoms with Crippen molar-refractivity contribution in [3.63, 3.8) is 0 Å². The normalized spacial score (nSPS) is 10.1. The molecule has 104 valence electrons. The number of rotatable bonds is 6. The van der Waals surface area contributed by atoms with E-state index in [-0.39, 0.29) is 17.0 Å². The van der Waals surface area contributed by atoms with Crippen molar-refractivity contribution in [3.8, 4) is 5.75 Å². The zero-order chi connectivity index (χ0) is 14.6. The Kier molecular flexibility index (Phi) is 4.68. The van der Waals surface area contributed by atoms with Crippen LogP contribution in [0.3, 0.4) is 0 Å². The molecule has 0 saturated carbocycles. The molecule has 0 heterocycles. The van der Waals surface area contributed by atoms with E-state index in [2.05, 4.69) is 0 Å². The lowest BCUT2D eigenvalue weighted by Crippen LogP contribution is -2.23. The van der Waals surface area contributed by atoms with E-state index in [1.54, 1.807) is 4.90 Å². The van der Waals surface area contributed by atoms with E-state index in [0.29, 0.717) is 18.8 Å². The van der Waals surface area contributed by atoms with Crippen LogP contribution in [-0.2, 0) is 0 Å². The number of hydrogen-bond donors (Lipinski definition) is 1. The fourth-order valence-electron chi connectivity index (χ4n) is 1.86. The molecule has 7 heteroatoms. The van der Waals surface area contributed by atoms with E-state index >= 15 is 0 Å². The summed E-state index contributed by atoms with van der Waals surface area (Å²) in [6.07, 6.45) is 0. The lowest BCUT2D eigenvalue weighted by Gasteiger charge is -2.21. The molecule has 1 aromatic rings. The average molecular weight is 268 g/mol. The summed E-state index contributed by atoms with van der Waals surface area (Å²) in [5, 5.41) is 20.1. The number of hydrogen-bond acceptors (Lipinski definition) is 5. The Bertz CT molecular complexity index is 497. The molecule has 0 aliphatic rings. The quantitative estimate of drug-likeness (QED) is 0.627. The molecule has 0 aliphatic heterocycles. The van der Waals surface area contributed by atoms with Crippen LogP contribution in [0, 0.1) is 10.1 Å². The monoisotopic (exact) mass is 268 g/mol. The molecule has 1 N–H and O–H groups in total. The Morgan fingerprint density at radius 2 is 2.00 bits per heavy atom. The topological polar surface area (TPSA) is 92.9 Å². The summed E-state index contributed by atoms with van der Waals surface area (Å²) in [6, 6.07) is 2.43. The number of carboxylic acid groups (broad SMARTS) is 1. The highest BCUT2D eigenvalue weighted by molar-refractivity contribution is 5.93. The molecular formula is C12H16N2O5. The second kappa shape index (κ2) is 6.03. The first kappa shape index (κ1) is 14.7. The number of nitro groups is 1. The maximum atomic E-state index is 11.1. The van der Waals surface area contributed by atoms with Crippen LogP contribution < -0.4 is 9.64 Å². The van der Waals surface area contributed by atoms with Crippen LogP contribution in [0.5, 0.6) is 5.75 Å². The van der Waals surface area contributed by atoms with Crippen molar-refractivity contribution in [1.82, 2.24) is 0 Å². The molecule has 0 aromatic heterocycles. The van der Waals surface area contributed by atoms with Gasteiger partial charge in [0, 0.05) is 25.2 Å². The summed E-state index contributed by atoms with van der Waals surface area (Å²) in [6.45, 7) is 4.88. The molecule has 7 nitrogen and oxygen atoms in total. The summed E-state index contributed by atoms with van der Waals surface area (Å²) in [7, 11) is 1.33. The van der Waals surface area contributed by atoms with Gasteiger partial charge in [0.05, 0.1) is 12.0 Å². The number of nitro benzene ring substituents is 1. The van der Waals surface area contributed by atoms with E-state index < -0.39 is 10.9 Å². The lowest BCUT2D eigenvalue weighted by atomic mass is 10.1. The van der Waals surface area contributed by atoms with Crippen molar-refractivity contribution in [2.45, 2.75) is 13.8 Å². The van der Waals surface area contributed by atoms with E-state index in [0.717, 1.165) is 6.07 Å². The van der Waals surface area contributed by atoms with Crippen LogP contribution in [0.4, 0.5) is 11.4 Å². The molecular weight excluding hydrogens is 252 g/mol. The third-order valence-electron chi connectivity index (χ3n) is 2.83. The molecule has 0 radical (unpaired) electrons. The fourth-order valence-corrected chi connectivity index (χ4v) is 1.86. The summed E-state index contributed by atoms with van der Waals surface area (Å²) in [5.41, 5.74) is -0.0937. The summed E-state index contributed by atoms with van der Waals surface area (Å²) in [5.74, 6) is -1.15. The lowest BCUT2D eigenvalue weighted by molar-refractivity contribution is -0.384. The number of anilines is 1. The Hall–Kier alpha value is -2.31. The fraction of sp³-hybridized carbons (Fsp3) is 0.417. The van der Waals surface area contributed by atoms with Gasteiger partial charge in [-0.15, -0.1) is 0 Å². The smallest absolute Gasteiger partial charge is 0.339 e. The Labute approximate surface area is 110 Å². The van der Waals surface area contributed by atoms with Gasteiger partial charge in [0.15, 0.2) is 0 Å². The Morgan fingerprint density at radius 1 is 1.42 bits per heavy atom. The number of nitrogens with zero attached hydrogens (tertiary/aromatic N) is 2. The van der Waals surface area contributed by atoms with Crippen LogP contribution in [0.15, 0.2) is 12.1 Å². The number of ether oxygens (including phenoxy) is 1. The number of carbonyl (C=O) groups is 1. The van der Waals surface area contributed by atoms with Gasteiger partial charge in [-0.2, -0.15) is 0 Å². The molecule has 0 amide bonds. The average Bonchev–Trinajstić information content (AvgIpc) is 2.38. The Balaban J connectivity index is 3.53. The van der Waals surface area contributed by atoms with E-state index in [4.69, 9.17) is 9.84 Å². The highest BCUT2D eigenvalue weighted by atomic mass is 16.6. The third kappa shape index (κ3) is 2.93. The van der Waals surface area contributed by atoms with Crippen LogP contribution in [0.2, 0.25) is 0 Å². The zero-order valence-electron chi connectivity index (χ0n) is 11.0. The van der Waals surface area contributed by atoms with Gasteiger partial charge in [0.25, 0.3) is 5.69 Å². The minimum Gasteiger partial charge on any atom is -0.496 e. The second-order valence-corrected chi connectivity index (χ2v) is 3.78. The van der Waals surface area contributed by atoms with Gasteiger partial charge < -0.3 is 14.7 Å². The highest BCUT2D eigenvalue weighted by Crippen LogP contribution is 2.35. The van der Waals surface area contributed by atoms with E-state index in [1.807, 2.05) is 13.8 Å². The summed E-state index contributed by atoms with van der Waals surface area (Å²) in [4.78, 5) is 23.3. The molecule has 0 unspecified atom stereocenters. The Morgan fingerprint density at radius 3 is 2.37 bits per heavy atom. The maximum Gasteiger partial charge on any atom is 0.339 e. The van der Waals surface area contributed by atoms with Crippen molar-refractivity contribution >= 4 is 17.3 Å². The van der Waals surface area contributed by atoms with Gasteiger partial charge in [-0.25, -0.2) is 4.79 Å². The first-order chi connectivity index (χ1) is 8.96. The molecule has 0 aliphatic carbocycles. The first-order valence-electron chi connectivity index (χ1n) is 5.80. The summed E-state index contributed by atoms with van der Waals surface area (Å²) < 4.78 is 4.99. The molecule has 1 aromatic carbocycles. The predicted molar refractivity (Wildman–Crippen MR) is 70.2 cm³/mol. The molecule has 1 rings (SSSR count). The summed E-state index contributed by atoms with van der Waals surface area (Å²) >= 11 is 0. The molecule has 19 heavy (non-hydrogen) atoms. The van der Waals surface area contributed by atoms with Crippen molar-refractivity contribution < 1.29 is 19.6 Å². The van der Waals surface area contributed by atoms with Crippen molar-refractivity contribution in [1.29, 1.82) is 0 Å². The number of carboxylic acids is 1. The molecule has 0 fully saturated rings. The minimum atomic E-state index is -1.26. The van der Waals surface area contributed by atoms with Crippen molar-refractivity contribution in [3.05, 3.63) is 27.8 Å². The van der Waals surface area contributed by atoms with Crippen LogP contribution in [-0.4, -0.2) is 36.2 Å². The number of methoxy groups -OCH3 is 1. The molecule has 0 saturated heterocycles.